The van der Waals surface area contributed by atoms with Gasteiger partial charge in [0, 0.05) is 42.0 Å². The van der Waals surface area contributed by atoms with Crippen molar-refractivity contribution in [2.45, 2.75) is 52.3 Å². The molecular weight excluding hydrogens is 240 g/mol. The highest BCUT2D eigenvalue weighted by Gasteiger charge is 2.19. The minimum absolute atomic E-state index is 0.0820. The summed E-state index contributed by atoms with van der Waals surface area (Å²) in [4.78, 5) is 4.36. The molecule has 106 valence electrons. The van der Waals surface area contributed by atoms with E-state index in [1.165, 1.54) is 0 Å². The fraction of sp³-hybridized carbons (Fsp3) is 0.667. The first-order valence-electron chi connectivity index (χ1n) is 6.89. The van der Waals surface area contributed by atoms with E-state index in [9.17, 15) is 0 Å². The number of pyridine rings is 1. The zero-order valence-corrected chi connectivity index (χ0v) is 12.3. The van der Waals surface area contributed by atoms with Crippen molar-refractivity contribution in [3.05, 3.63) is 23.5 Å². The van der Waals surface area contributed by atoms with Gasteiger partial charge in [0.05, 0.1) is 13.2 Å². The van der Waals surface area contributed by atoms with Crippen molar-refractivity contribution in [1.29, 1.82) is 0 Å². The summed E-state index contributed by atoms with van der Waals surface area (Å²) in [6.45, 7) is 10.7. The molecule has 1 fully saturated rings. The Kier molecular flexibility index (Phi) is 4.42. The molecule has 1 atom stereocenters. The van der Waals surface area contributed by atoms with Gasteiger partial charge in [0.25, 0.3) is 0 Å². The smallest absolute Gasteiger partial charge is 0.127 e. The van der Waals surface area contributed by atoms with Crippen LogP contribution in [0.3, 0.4) is 0 Å². The van der Waals surface area contributed by atoms with Crippen molar-refractivity contribution >= 4 is 0 Å². The highest BCUT2D eigenvalue weighted by molar-refractivity contribution is 5.33. The predicted octanol–water partition coefficient (Wildman–Crippen LogP) is 2.45. The fourth-order valence-corrected chi connectivity index (χ4v) is 1.95. The molecule has 19 heavy (non-hydrogen) atoms. The van der Waals surface area contributed by atoms with Crippen LogP contribution < -0.4 is 10.1 Å². The molecule has 2 heterocycles. The lowest BCUT2D eigenvalue weighted by atomic mass is 10.1. The molecule has 4 heteroatoms. The van der Waals surface area contributed by atoms with Crippen LogP contribution in [-0.2, 0) is 11.3 Å². The Labute approximate surface area is 115 Å². The van der Waals surface area contributed by atoms with Crippen LogP contribution in [0.25, 0.3) is 0 Å². The quantitative estimate of drug-likeness (QED) is 0.907. The van der Waals surface area contributed by atoms with Crippen molar-refractivity contribution in [3.63, 3.8) is 0 Å². The number of rotatable bonds is 4. The van der Waals surface area contributed by atoms with Gasteiger partial charge in [0.2, 0.25) is 0 Å². The minimum atomic E-state index is 0.0820. The van der Waals surface area contributed by atoms with Gasteiger partial charge in [-0.15, -0.1) is 0 Å². The molecule has 0 amide bonds. The molecule has 4 nitrogen and oxygen atoms in total. The Bertz CT molecular complexity index is 421. The Morgan fingerprint density at radius 1 is 1.47 bits per heavy atom. The molecule has 0 radical (unpaired) electrons. The first-order chi connectivity index (χ1) is 8.94. The van der Waals surface area contributed by atoms with E-state index in [-0.39, 0.29) is 11.6 Å². The van der Waals surface area contributed by atoms with E-state index >= 15 is 0 Å². The van der Waals surface area contributed by atoms with Crippen LogP contribution in [0.5, 0.6) is 5.75 Å². The fourth-order valence-electron chi connectivity index (χ4n) is 1.95. The van der Waals surface area contributed by atoms with Gasteiger partial charge in [0.1, 0.15) is 11.9 Å². The third-order valence-electron chi connectivity index (χ3n) is 3.07. The molecule has 0 bridgehead atoms. The third kappa shape index (κ3) is 4.48. The number of nitrogens with zero attached hydrogens (tertiary/aromatic N) is 1. The summed E-state index contributed by atoms with van der Waals surface area (Å²) in [5.74, 6) is 0.930. The number of hydrogen-bond donors (Lipinski definition) is 1. The van der Waals surface area contributed by atoms with Gasteiger partial charge in [0.15, 0.2) is 0 Å². The number of hydrogen-bond acceptors (Lipinski definition) is 4. The summed E-state index contributed by atoms with van der Waals surface area (Å²) in [6.07, 6.45) is 3.04. The molecule has 0 saturated carbocycles. The van der Waals surface area contributed by atoms with Crippen molar-refractivity contribution in [2.75, 3.05) is 13.2 Å². The van der Waals surface area contributed by atoms with Crippen LogP contribution in [0.1, 0.15) is 38.4 Å². The summed E-state index contributed by atoms with van der Waals surface area (Å²) in [5.41, 5.74) is 2.17. The molecule has 1 unspecified atom stereocenters. The van der Waals surface area contributed by atoms with Crippen LogP contribution in [0.4, 0.5) is 0 Å². The number of nitrogens with one attached hydrogen (secondary N) is 1. The Morgan fingerprint density at radius 3 is 2.89 bits per heavy atom. The molecule has 1 aliphatic heterocycles. The summed E-state index contributed by atoms with van der Waals surface area (Å²) in [5, 5.41) is 3.47. The normalized spacial score (nSPS) is 19.7. The minimum Gasteiger partial charge on any atom is -0.487 e. The first kappa shape index (κ1) is 14.3. The largest absolute Gasteiger partial charge is 0.487 e. The Hall–Kier alpha value is -1.13. The van der Waals surface area contributed by atoms with E-state index in [1.54, 1.807) is 0 Å². The summed E-state index contributed by atoms with van der Waals surface area (Å²) in [7, 11) is 0. The zero-order valence-electron chi connectivity index (χ0n) is 12.3. The SMILES string of the molecule is Cc1cc(OC2CCOC2)c(CNC(C)(C)C)cn1. The molecule has 0 spiro atoms. The number of aryl methyl sites for hydroxylation is 1. The Morgan fingerprint density at radius 2 is 2.26 bits per heavy atom. The van der Waals surface area contributed by atoms with E-state index in [2.05, 4.69) is 31.1 Å². The lowest BCUT2D eigenvalue weighted by molar-refractivity contribution is 0.140. The number of aromatic nitrogens is 1. The maximum Gasteiger partial charge on any atom is 0.127 e. The van der Waals surface area contributed by atoms with Gasteiger partial charge in [-0.3, -0.25) is 4.98 Å². The molecule has 1 saturated heterocycles. The van der Waals surface area contributed by atoms with Gasteiger partial charge in [-0.2, -0.15) is 0 Å². The maximum absolute atomic E-state index is 6.05. The Balaban J connectivity index is 2.08. The molecule has 1 aromatic rings. The van der Waals surface area contributed by atoms with E-state index in [0.29, 0.717) is 6.61 Å². The van der Waals surface area contributed by atoms with Crippen LogP contribution in [0, 0.1) is 6.92 Å². The van der Waals surface area contributed by atoms with Gasteiger partial charge < -0.3 is 14.8 Å². The molecule has 1 N–H and O–H groups in total. The average Bonchev–Trinajstić information content (AvgIpc) is 2.79. The maximum atomic E-state index is 6.05. The highest BCUT2D eigenvalue weighted by Crippen LogP contribution is 2.23. The molecule has 1 aromatic heterocycles. The van der Waals surface area contributed by atoms with Gasteiger partial charge >= 0.3 is 0 Å². The highest BCUT2D eigenvalue weighted by atomic mass is 16.5. The average molecular weight is 264 g/mol. The van der Waals surface area contributed by atoms with Crippen molar-refractivity contribution in [2.24, 2.45) is 0 Å². The van der Waals surface area contributed by atoms with Crippen molar-refractivity contribution in [1.82, 2.24) is 10.3 Å². The monoisotopic (exact) mass is 264 g/mol. The second kappa shape index (κ2) is 5.88. The van der Waals surface area contributed by atoms with E-state index in [1.807, 2.05) is 19.2 Å². The summed E-state index contributed by atoms with van der Waals surface area (Å²) < 4.78 is 11.4. The first-order valence-corrected chi connectivity index (χ1v) is 6.89. The van der Waals surface area contributed by atoms with Crippen molar-refractivity contribution in [3.8, 4) is 5.75 Å². The summed E-state index contributed by atoms with van der Waals surface area (Å²) in [6, 6.07) is 2.01. The van der Waals surface area contributed by atoms with Crippen LogP contribution in [0.15, 0.2) is 12.3 Å². The van der Waals surface area contributed by atoms with Gasteiger partial charge in [-0.05, 0) is 27.7 Å². The molecule has 2 rings (SSSR count). The van der Waals surface area contributed by atoms with Crippen LogP contribution in [0.2, 0.25) is 0 Å². The predicted molar refractivity (Wildman–Crippen MR) is 75.4 cm³/mol. The second-order valence-corrected chi connectivity index (χ2v) is 6.14. The van der Waals surface area contributed by atoms with Crippen molar-refractivity contribution < 1.29 is 9.47 Å². The topological polar surface area (TPSA) is 43.4 Å². The molecule has 0 aromatic carbocycles. The van der Waals surface area contributed by atoms with E-state index < -0.39 is 0 Å². The van der Waals surface area contributed by atoms with E-state index in [4.69, 9.17) is 9.47 Å². The molecular formula is C15H24N2O2. The number of ether oxygens (including phenoxy) is 2. The molecule has 1 aliphatic rings. The zero-order chi connectivity index (χ0) is 13.9. The van der Waals surface area contributed by atoms with Gasteiger partial charge in [-0.1, -0.05) is 0 Å². The third-order valence-corrected chi connectivity index (χ3v) is 3.07. The second-order valence-electron chi connectivity index (χ2n) is 6.14. The summed E-state index contributed by atoms with van der Waals surface area (Å²) >= 11 is 0. The standard InChI is InChI=1S/C15H24N2O2/c1-11-7-14(19-13-5-6-18-10-13)12(8-16-11)9-17-15(2,3)4/h7-8,13,17H,5-6,9-10H2,1-4H3. The van der Waals surface area contributed by atoms with Crippen LogP contribution >= 0.6 is 0 Å². The van der Waals surface area contributed by atoms with Gasteiger partial charge in [-0.25, -0.2) is 0 Å². The van der Waals surface area contributed by atoms with Crippen LogP contribution in [-0.4, -0.2) is 29.8 Å². The lowest BCUT2D eigenvalue weighted by Gasteiger charge is -2.22. The lowest BCUT2D eigenvalue weighted by Crippen LogP contribution is -2.35. The molecule has 0 aliphatic carbocycles. The van der Waals surface area contributed by atoms with E-state index in [0.717, 1.165) is 36.6 Å².